The van der Waals surface area contributed by atoms with E-state index >= 15 is 0 Å². The first-order chi connectivity index (χ1) is 34.9. The van der Waals surface area contributed by atoms with Gasteiger partial charge in [-0.3, -0.25) is 0 Å². The van der Waals surface area contributed by atoms with Gasteiger partial charge < -0.3 is 13.7 Å². The Bertz CT molecular complexity index is 4320. The molecule has 3 heteroatoms. The van der Waals surface area contributed by atoms with E-state index in [0.29, 0.717) is 0 Å². The van der Waals surface area contributed by atoms with Crippen LogP contribution in [0.25, 0.3) is 93.6 Å². The molecule has 0 saturated heterocycles. The van der Waals surface area contributed by atoms with Crippen LogP contribution in [0.4, 0.5) is 0 Å². The Labute approximate surface area is 331 Å². The van der Waals surface area contributed by atoms with Crippen molar-refractivity contribution in [1.82, 2.24) is 13.7 Å². The Morgan fingerprint density at radius 3 is 1.33 bits per heavy atom. The molecule has 0 aliphatic rings. The molecule has 3 nitrogen and oxygen atoms in total. The Kier molecular flexibility index (Phi) is 3.15. The third-order valence-corrected chi connectivity index (χ3v) is 9.26. The lowest BCUT2D eigenvalue weighted by atomic mass is 10.0. The third-order valence-electron chi connectivity index (χ3n) is 9.26. The number of benzene rings is 8. The molecule has 0 aliphatic heterocycles. The first kappa shape index (κ1) is 14.8. The van der Waals surface area contributed by atoms with Crippen molar-refractivity contribution in [2.45, 2.75) is 6.92 Å². The van der Waals surface area contributed by atoms with E-state index in [4.69, 9.17) is 21.9 Å². The van der Waals surface area contributed by atoms with Gasteiger partial charge >= 0.3 is 0 Å². The van der Waals surface area contributed by atoms with E-state index in [1.165, 1.54) is 16.1 Å². The Morgan fingerprint density at radius 2 is 0.788 bits per heavy atom. The molecule has 11 rings (SSSR count). The highest BCUT2D eigenvalue weighted by Gasteiger charge is 2.21. The summed E-state index contributed by atoms with van der Waals surface area (Å²) in [5.74, 6) is 0. The maximum atomic E-state index is 10.1. The number of hydrogen-bond acceptors (Lipinski definition) is 0. The second kappa shape index (κ2) is 11.1. The van der Waals surface area contributed by atoms with E-state index < -0.39 is 139 Å². The highest BCUT2D eigenvalue weighted by atomic mass is 15.0. The van der Waals surface area contributed by atoms with E-state index in [-0.39, 0.29) is 93.5 Å². The van der Waals surface area contributed by atoms with Gasteiger partial charge in [0, 0.05) is 49.1 Å². The van der Waals surface area contributed by atoms with E-state index in [2.05, 4.69) is 0 Å². The fourth-order valence-electron chi connectivity index (χ4n) is 7.14. The summed E-state index contributed by atoms with van der Waals surface area (Å²) in [4.78, 5) is 0. The highest BCUT2D eigenvalue weighted by molar-refractivity contribution is 6.13. The van der Waals surface area contributed by atoms with Crippen LogP contribution < -0.4 is 0 Å². The second-order valence-corrected chi connectivity index (χ2v) is 12.1. The van der Waals surface area contributed by atoms with Crippen molar-refractivity contribution in [2.24, 2.45) is 0 Å². The zero-order valence-electron chi connectivity index (χ0n) is 49.0. The number of aromatic nitrogens is 3. The average Bonchev–Trinajstić information content (AvgIpc) is 4.07. The summed E-state index contributed by atoms with van der Waals surface area (Å²) in [5.41, 5.74) is -1.38. The summed E-state index contributed by atoms with van der Waals surface area (Å²) in [6.45, 7) is 1.39. The molecule has 0 N–H and O–H groups in total. The monoisotopic (exact) mass is 685 g/mol. The lowest BCUT2D eigenvalue weighted by Crippen LogP contribution is -2.01. The van der Waals surface area contributed by atoms with Gasteiger partial charge in [0.15, 0.2) is 0 Å². The van der Waals surface area contributed by atoms with Gasteiger partial charge in [-0.2, -0.15) is 0 Å². The van der Waals surface area contributed by atoms with Crippen LogP contribution in [-0.2, 0) is 0 Å². The molecule has 0 fully saturated rings. The summed E-state index contributed by atoms with van der Waals surface area (Å²) < 4.78 is 203. The predicted octanol–water partition coefficient (Wildman–Crippen LogP) is 13.0. The molecule has 0 radical (unpaired) electrons. The lowest BCUT2D eigenvalue weighted by molar-refractivity contribution is 1.15. The zero-order chi connectivity index (χ0) is 53.5. The van der Waals surface area contributed by atoms with Crippen molar-refractivity contribution >= 4 is 65.4 Å². The van der Waals surface area contributed by atoms with Crippen molar-refractivity contribution in [1.29, 1.82) is 0 Å². The summed E-state index contributed by atoms with van der Waals surface area (Å²) in [6.07, 6.45) is 0. The summed E-state index contributed by atoms with van der Waals surface area (Å²) in [7, 11) is 0. The molecular formula is C49H33N3. The van der Waals surface area contributed by atoms with Crippen molar-refractivity contribution in [3.63, 3.8) is 0 Å². The SMILES string of the molecule is [2H]c1c([2H])c([2H])c2c(c1[2H])c1c([2H])c([2H])c([2H])c([2H])c1n2-c1ccccc1-c1ccccc1-n1c2c([2H])c([2H])c([2H])c([2H])c2c2c([2H])c(-n3c4c([2H])c([2H])c([2H])c([2H])c4c4c([2H])c([2H])c(C)c([2H])c43)c([2H])c([2H])c21. The molecule has 0 amide bonds. The minimum absolute atomic E-state index is 0.0312. The Morgan fingerprint density at radius 1 is 0.365 bits per heavy atom. The number of para-hydroxylation sites is 6. The van der Waals surface area contributed by atoms with Gasteiger partial charge in [-0.25, -0.2) is 0 Å². The average molecular weight is 686 g/mol. The molecule has 244 valence electrons. The van der Waals surface area contributed by atoms with Crippen LogP contribution in [0.3, 0.4) is 0 Å². The van der Waals surface area contributed by atoms with Crippen LogP contribution in [0.1, 0.15) is 35.7 Å². The molecule has 0 saturated carbocycles. The molecule has 3 aromatic heterocycles. The van der Waals surface area contributed by atoms with E-state index in [0.717, 1.165) is 4.57 Å². The van der Waals surface area contributed by atoms with Crippen LogP contribution in [-0.4, -0.2) is 13.7 Å². The summed E-state index contributed by atoms with van der Waals surface area (Å²) >= 11 is 0. The molecule has 0 aliphatic carbocycles. The standard InChI is InChI=1S/C49H33N3/c1-32-26-28-40-38-18-2-8-20-42(38)50(49(40)30-32)33-27-29-48-41(31-33)39-19-7-13-25-47(39)52(48)46-24-12-6-17-37(46)36-16-5-11-23-45(36)51-43-21-9-3-14-34(43)35-15-4-10-22-44(35)51/h2-31H,1H3/i2D,3D,4D,7D,8D,9D,10D,13D,14D,15D,18D,19D,20D,21D,22D,25D,26D,27D,28D,29D,30D,31D. The number of fused-ring (bicyclic) bond motifs is 9. The van der Waals surface area contributed by atoms with Crippen molar-refractivity contribution < 1.29 is 30.2 Å². The van der Waals surface area contributed by atoms with Crippen LogP contribution in [0.5, 0.6) is 0 Å². The first-order valence-corrected chi connectivity index (χ1v) is 16.2. The smallest absolute Gasteiger partial charge is 0.0652 e. The van der Waals surface area contributed by atoms with Crippen LogP contribution in [0.2, 0.25) is 0 Å². The molecule has 0 unspecified atom stereocenters. The van der Waals surface area contributed by atoms with Gasteiger partial charge in [-0.05, 0) is 73.0 Å². The number of rotatable bonds is 4. The van der Waals surface area contributed by atoms with Gasteiger partial charge in [0.2, 0.25) is 0 Å². The van der Waals surface area contributed by atoms with Gasteiger partial charge in [0.1, 0.15) is 0 Å². The van der Waals surface area contributed by atoms with Crippen LogP contribution >= 0.6 is 0 Å². The maximum Gasteiger partial charge on any atom is 0.0652 e. The minimum atomic E-state index is -0.752. The van der Waals surface area contributed by atoms with Gasteiger partial charge in [0.25, 0.3) is 0 Å². The maximum absolute atomic E-state index is 10.1. The van der Waals surface area contributed by atoms with E-state index in [1.54, 1.807) is 48.5 Å². The van der Waals surface area contributed by atoms with Crippen molar-refractivity contribution in [3.05, 3.63) is 187 Å². The van der Waals surface area contributed by atoms with Crippen LogP contribution in [0.15, 0.2) is 181 Å². The molecule has 8 aromatic carbocycles. The highest BCUT2D eigenvalue weighted by Crippen LogP contribution is 2.41. The Hall–Kier alpha value is -6.84. The van der Waals surface area contributed by atoms with E-state index in [9.17, 15) is 8.22 Å². The van der Waals surface area contributed by atoms with Crippen molar-refractivity contribution in [2.75, 3.05) is 0 Å². The molecule has 52 heavy (non-hydrogen) atoms. The molecule has 11 aromatic rings. The quantitative estimate of drug-likeness (QED) is 0.175. The predicted molar refractivity (Wildman–Crippen MR) is 220 cm³/mol. The lowest BCUT2D eigenvalue weighted by Gasteiger charge is -2.18. The first-order valence-electron chi connectivity index (χ1n) is 27.2. The summed E-state index contributed by atoms with van der Waals surface area (Å²) in [5, 5.41) is -1.47. The Balaban J connectivity index is 1.32. The second-order valence-electron chi connectivity index (χ2n) is 12.1. The van der Waals surface area contributed by atoms with E-state index in [1.807, 2.05) is 0 Å². The van der Waals surface area contributed by atoms with Crippen LogP contribution in [0, 0.1) is 6.92 Å². The molecule has 0 atom stereocenters. The number of nitrogens with zero attached hydrogens (tertiary/aromatic N) is 3. The normalized spacial score (nSPS) is 17.9. The molecule has 0 bridgehead atoms. The minimum Gasteiger partial charge on any atom is -0.309 e. The topological polar surface area (TPSA) is 14.8 Å². The van der Waals surface area contributed by atoms with Gasteiger partial charge in [-0.1, -0.05) is 121 Å². The summed E-state index contributed by atoms with van der Waals surface area (Å²) in [6, 6.07) is -0.860. The number of hydrogen-bond donors (Lipinski definition) is 0. The zero-order valence-corrected chi connectivity index (χ0v) is 27.0. The van der Waals surface area contributed by atoms with Gasteiger partial charge in [0.05, 0.1) is 74.6 Å². The van der Waals surface area contributed by atoms with Gasteiger partial charge in [-0.15, -0.1) is 0 Å². The molecule has 0 spiro atoms. The largest absolute Gasteiger partial charge is 0.309 e. The van der Waals surface area contributed by atoms with Crippen molar-refractivity contribution in [3.8, 4) is 28.2 Å². The molecule has 3 heterocycles. The fraction of sp³-hybridized carbons (Fsp3) is 0.0204. The fourth-order valence-corrected chi connectivity index (χ4v) is 7.14. The molecular weight excluding hydrogens is 631 g/mol. The third kappa shape index (κ3) is 4.08.